The molecule has 0 fully saturated rings. The van der Waals surface area contributed by atoms with E-state index in [2.05, 4.69) is 40.7 Å². The maximum absolute atomic E-state index is 11.6. The molecule has 1 aromatic carbocycles. The lowest BCUT2D eigenvalue weighted by Gasteiger charge is -2.02. The Morgan fingerprint density at radius 1 is 1.37 bits per heavy atom. The second kappa shape index (κ2) is 5.57. The van der Waals surface area contributed by atoms with Crippen molar-refractivity contribution in [2.24, 2.45) is 4.36 Å². The summed E-state index contributed by atoms with van der Waals surface area (Å²) in [6.45, 7) is 2.89. The Morgan fingerprint density at radius 3 is 2.84 bits per heavy atom. The van der Waals surface area contributed by atoms with Crippen molar-refractivity contribution in [1.82, 2.24) is 9.78 Å². The van der Waals surface area contributed by atoms with Crippen molar-refractivity contribution in [3.05, 3.63) is 47.8 Å². The first kappa shape index (κ1) is 13.8. The fourth-order valence-electron chi connectivity index (χ4n) is 1.89. The molecule has 0 unspecified atom stereocenters. The molecule has 0 atom stereocenters. The van der Waals surface area contributed by atoms with Gasteiger partial charge in [-0.05, 0) is 18.9 Å². The molecule has 4 nitrogen and oxygen atoms in total. The van der Waals surface area contributed by atoms with E-state index in [1.165, 1.54) is 11.1 Å². The SMILES string of the molecule is Cc1cccc(CCn2cc(N=S(C)(C)=O)cn2)c1. The summed E-state index contributed by atoms with van der Waals surface area (Å²) in [6.07, 6.45) is 7.66. The number of aryl methyl sites for hydroxylation is 3. The van der Waals surface area contributed by atoms with Crippen molar-refractivity contribution in [3.63, 3.8) is 0 Å². The molecule has 102 valence electrons. The second-order valence-corrected chi connectivity index (χ2v) is 7.52. The molecule has 0 spiro atoms. The van der Waals surface area contributed by atoms with Gasteiger partial charge in [0, 0.05) is 28.8 Å². The minimum Gasteiger partial charge on any atom is -0.270 e. The van der Waals surface area contributed by atoms with Gasteiger partial charge < -0.3 is 0 Å². The van der Waals surface area contributed by atoms with E-state index in [-0.39, 0.29) is 0 Å². The van der Waals surface area contributed by atoms with Gasteiger partial charge in [-0.25, -0.2) is 4.21 Å². The Hall–Kier alpha value is -1.62. The van der Waals surface area contributed by atoms with Crippen LogP contribution >= 0.6 is 0 Å². The van der Waals surface area contributed by atoms with Crippen molar-refractivity contribution in [2.45, 2.75) is 19.9 Å². The quantitative estimate of drug-likeness (QED) is 0.862. The molecule has 0 bridgehead atoms. The zero-order valence-corrected chi connectivity index (χ0v) is 12.4. The normalized spacial score (nSPS) is 11.5. The highest BCUT2D eigenvalue weighted by molar-refractivity contribution is 7.92. The summed E-state index contributed by atoms with van der Waals surface area (Å²) in [7, 11) is -2.11. The van der Waals surface area contributed by atoms with Gasteiger partial charge in [0.05, 0.1) is 12.4 Å². The van der Waals surface area contributed by atoms with Crippen LogP contribution in [-0.2, 0) is 22.7 Å². The smallest absolute Gasteiger partial charge is 0.111 e. The first-order chi connectivity index (χ1) is 8.92. The van der Waals surface area contributed by atoms with Gasteiger partial charge in [0.1, 0.15) is 5.69 Å². The zero-order chi connectivity index (χ0) is 13.9. The third-order valence-corrected chi connectivity index (χ3v) is 3.31. The number of benzene rings is 1. The average molecular weight is 277 g/mol. The number of rotatable bonds is 4. The molecule has 0 radical (unpaired) electrons. The van der Waals surface area contributed by atoms with E-state index in [0.717, 1.165) is 13.0 Å². The topological polar surface area (TPSA) is 47.2 Å². The number of hydrogen-bond acceptors (Lipinski definition) is 3. The van der Waals surface area contributed by atoms with E-state index in [1.54, 1.807) is 18.7 Å². The first-order valence-corrected chi connectivity index (χ1v) is 8.51. The van der Waals surface area contributed by atoms with Crippen LogP contribution in [0.1, 0.15) is 11.1 Å². The number of nitrogens with zero attached hydrogens (tertiary/aromatic N) is 3. The monoisotopic (exact) mass is 277 g/mol. The van der Waals surface area contributed by atoms with E-state index in [0.29, 0.717) is 5.69 Å². The second-order valence-electron chi connectivity index (χ2n) is 4.97. The lowest BCUT2D eigenvalue weighted by molar-refractivity contribution is 0.615. The van der Waals surface area contributed by atoms with Crippen molar-refractivity contribution >= 4 is 15.4 Å². The molecule has 0 aliphatic carbocycles. The largest absolute Gasteiger partial charge is 0.270 e. The molecule has 2 aromatic rings. The van der Waals surface area contributed by atoms with E-state index in [1.807, 2.05) is 10.9 Å². The van der Waals surface area contributed by atoms with E-state index in [9.17, 15) is 4.21 Å². The Labute approximate surface area is 114 Å². The summed E-state index contributed by atoms with van der Waals surface area (Å²) in [5.74, 6) is 0. The molecule has 0 aliphatic rings. The third-order valence-electron chi connectivity index (χ3n) is 2.66. The third kappa shape index (κ3) is 4.52. The van der Waals surface area contributed by atoms with Gasteiger partial charge in [0.25, 0.3) is 0 Å². The standard InChI is InChI=1S/C14H19N3OS/c1-12-5-4-6-13(9-12)7-8-17-11-14(10-15-17)16-19(2,3)18/h4-6,9-11H,7-8H2,1-3H3. The van der Waals surface area contributed by atoms with Crippen LogP contribution in [0.25, 0.3) is 0 Å². The Morgan fingerprint density at radius 2 is 2.16 bits per heavy atom. The van der Waals surface area contributed by atoms with E-state index >= 15 is 0 Å². The zero-order valence-electron chi connectivity index (χ0n) is 11.5. The molecular weight excluding hydrogens is 258 g/mol. The van der Waals surface area contributed by atoms with Crippen LogP contribution in [0.15, 0.2) is 41.0 Å². The van der Waals surface area contributed by atoms with Gasteiger partial charge in [-0.15, -0.1) is 0 Å². The van der Waals surface area contributed by atoms with Gasteiger partial charge >= 0.3 is 0 Å². The molecule has 0 N–H and O–H groups in total. The summed E-state index contributed by atoms with van der Waals surface area (Å²) in [6, 6.07) is 8.46. The number of hydrogen-bond donors (Lipinski definition) is 0. The minimum absolute atomic E-state index is 0.680. The Balaban J connectivity index is 2.03. The Bertz CT molecular complexity index is 674. The highest BCUT2D eigenvalue weighted by Gasteiger charge is 2.00. The highest BCUT2D eigenvalue weighted by atomic mass is 32.2. The summed E-state index contributed by atoms with van der Waals surface area (Å²) < 4.78 is 17.5. The fraction of sp³-hybridized carbons (Fsp3) is 0.357. The summed E-state index contributed by atoms with van der Waals surface area (Å²) in [5, 5.41) is 4.24. The fourth-order valence-corrected chi connectivity index (χ4v) is 2.49. The van der Waals surface area contributed by atoms with Gasteiger partial charge in [-0.1, -0.05) is 29.8 Å². The van der Waals surface area contributed by atoms with Crippen LogP contribution in [0, 0.1) is 6.92 Å². The molecule has 2 rings (SSSR count). The van der Waals surface area contributed by atoms with Gasteiger partial charge in [0.2, 0.25) is 0 Å². The maximum Gasteiger partial charge on any atom is 0.111 e. The molecule has 0 saturated heterocycles. The van der Waals surface area contributed by atoms with Crippen LogP contribution in [0.5, 0.6) is 0 Å². The van der Waals surface area contributed by atoms with Crippen LogP contribution in [-0.4, -0.2) is 26.5 Å². The molecule has 0 amide bonds. The molecule has 19 heavy (non-hydrogen) atoms. The maximum atomic E-state index is 11.6. The predicted octanol–water partition coefficient (Wildman–Crippen LogP) is 2.79. The number of aromatic nitrogens is 2. The van der Waals surface area contributed by atoms with E-state index < -0.39 is 9.73 Å². The molecule has 0 saturated carbocycles. The van der Waals surface area contributed by atoms with Crippen molar-refractivity contribution in [3.8, 4) is 0 Å². The van der Waals surface area contributed by atoms with Crippen molar-refractivity contribution < 1.29 is 4.21 Å². The van der Waals surface area contributed by atoms with Gasteiger partial charge in [-0.3, -0.25) is 4.68 Å². The average Bonchev–Trinajstić information content (AvgIpc) is 2.72. The van der Waals surface area contributed by atoms with Gasteiger partial charge in [-0.2, -0.15) is 9.46 Å². The van der Waals surface area contributed by atoms with Crippen LogP contribution in [0.2, 0.25) is 0 Å². The molecule has 5 heteroatoms. The van der Waals surface area contributed by atoms with Crippen LogP contribution in [0.4, 0.5) is 5.69 Å². The summed E-state index contributed by atoms with van der Waals surface area (Å²) in [4.78, 5) is 0. The molecule has 1 aromatic heterocycles. The lowest BCUT2D eigenvalue weighted by atomic mass is 10.1. The first-order valence-electron chi connectivity index (χ1n) is 6.17. The minimum atomic E-state index is -2.11. The van der Waals surface area contributed by atoms with Crippen molar-refractivity contribution in [2.75, 3.05) is 12.5 Å². The van der Waals surface area contributed by atoms with Crippen LogP contribution < -0.4 is 0 Å². The summed E-state index contributed by atoms with van der Waals surface area (Å²) >= 11 is 0. The predicted molar refractivity (Wildman–Crippen MR) is 79.2 cm³/mol. The molecule has 0 aliphatic heterocycles. The van der Waals surface area contributed by atoms with Gasteiger partial charge in [0.15, 0.2) is 0 Å². The highest BCUT2D eigenvalue weighted by Crippen LogP contribution is 2.12. The van der Waals surface area contributed by atoms with Crippen LogP contribution in [0.3, 0.4) is 0 Å². The molecule has 1 heterocycles. The lowest BCUT2D eigenvalue weighted by Crippen LogP contribution is -2.01. The van der Waals surface area contributed by atoms with E-state index in [4.69, 9.17) is 0 Å². The summed E-state index contributed by atoms with van der Waals surface area (Å²) in [5.41, 5.74) is 3.24. The molecular formula is C14H19N3OS. The van der Waals surface area contributed by atoms with Crippen molar-refractivity contribution in [1.29, 1.82) is 0 Å². The Kier molecular flexibility index (Phi) is 4.04.